The maximum Gasteiger partial charge on any atom is 0.266 e. The lowest BCUT2D eigenvalue weighted by molar-refractivity contribution is -0.127. The van der Waals surface area contributed by atoms with Crippen LogP contribution in [-0.4, -0.2) is 33.0 Å². The summed E-state index contributed by atoms with van der Waals surface area (Å²) in [5.74, 6) is -0.757. The molecule has 0 spiro atoms. The monoisotopic (exact) mass is 503 g/mol. The van der Waals surface area contributed by atoms with E-state index in [0.717, 1.165) is 6.07 Å². The van der Waals surface area contributed by atoms with Crippen molar-refractivity contribution >= 4 is 22.8 Å². The van der Waals surface area contributed by atoms with Crippen LogP contribution in [0, 0.1) is 18.7 Å². The highest BCUT2D eigenvalue weighted by Gasteiger charge is 2.39. The van der Waals surface area contributed by atoms with Crippen molar-refractivity contribution < 1.29 is 23.1 Å². The molecule has 0 aliphatic heterocycles. The number of amides is 1. The molecule has 8 nitrogen and oxygen atoms in total. The molecule has 0 bridgehead atoms. The number of rotatable bonds is 6. The zero-order valence-corrected chi connectivity index (χ0v) is 20.2. The van der Waals surface area contributed by atoms with Crippen LogP contribution in [0.4, 0.5) is 19.0 Å². The number of pyridine rings is 1. The van der Waals surface area contributed by atoms with Crippen molar-refractivity contribution in [2.45, 2.75) is 57.6 Å². The Kier molecular flexibility index (Phi) is 7.03. The van der Waals surface area contributed by atoms with Crippen LogP contribution in [0.15, 0.2) is 29.1 Å². The Hall–Kier alpha value is -3.47. The Morgan fingerprint density at radius 1 is 1.22 bits per heavy atom. The van der Waals surface area contributed by atoms with Crippen LogP contribution in [0.5, 0.6) is 0 Å². The molecule has 1 amide bonds. The molecule has 4 rings (SSSR count). The standard InChI is InChI=1S/C25H28F3N5O3/c1-12(15-5-4-6-16(19(15)26)20(27)28)30-21-17-11-18(24(35)33-22(17)32-13(2)31-21)25(36)9-7-14(8-10-25)23(34)29-3/h4-6,11-12,14,20,36H,7-10H2,1-3H3,(H,29,34)(H2,30,31,32,33,35)/t12-,14?,25?/m1/s1. The Morgan fingerprint density at radius 3 is 2.53 bits per heavy atom. The van der Waals surface area contributed by atoms with Gasteiger partial charge in [0.1, 0.15) is 23.1 Å². The topological polar surface area (TPSA) is 120 Å². The van der Waals surface area contributed by atoms with Gasteiger partial charge < -0.3 is 20.7 Å². The number of hydrogen-bond donors (Lipinski definition) is 4. The number of nitrogens with one attached hydrogen (secondary N) is 3. The van der Waals surface area contributed by atoms with Crippen LogP contribution in [0.2, 0.25) is 0 Å². The number of carbonyl (C=O) groups is 1. The first-order chi connectivity index (χ1) is 17.0. The Labute approximate surface area is 205 Å². The summed E-state index contributed by atoms with van der Waals surface area (Å²) in [4.78, 5) is 36.3. The van der Waals surface area contributed by atoms with Crippen LogP contribution in [0.25, 0.3) is 11.0 Å². The molecule has 0 radical (unpaired) electrons. The van der Waals surface area contributed by atoms with Crippen molar-refractivity contribution in [2.24, 2.45) is 5.92 Å². The van der Waals surface area contributed by atoms with Gasteiger partial charge in [-0.1, -0.05) is 18.2 Å². The molecule has 1 aromatic carbocycles. The van der Waals surface area contributed by atoms with Gasteiger partial charge in [-0.25, -0.2) is 23.1 Å². The lowest BCUT2D eigenvalue weighted by Crippen LogP contribution is -2.40. The van der Waals surface area contributed by atoms with Crippen molar-refractivity contribution in [3.05, 3.63) is 63.0 Å². The van der Waals surface area contributed by atoms with E-state index in [2.05, 4.69) is 25.6 Å². The van der Waals surface area contributed by atoms with E-state index in [1.165, 1.54) is 18.2 Å². The zero-order valence-electron chi connectivity index (χ0n) is 20.2. The van der Waals surface area contributed by atoms with E-state index >= 15 is 0 Å². The van der Waals surface area contributed by atoms with E-state index in [-0.39, 0.29) is 47.3 Å². The molecule has 1 aliphatic carbocycles. The third-order valence-electron chi connectivity index (χ3n) is 6.87. The number of anilines is 1. The number of fused-ring (bicyclic) bond motifs is 1. The van der Waals surface area contributed by atoms with Gasteiger partial charge in [-0.2, -0.15) is 0 Å². The molecule has 2 aromatic heterocycles. The highest BCUT2D eigenvalue weighted by Crippen LogP contribution is 2.39. The minimum Gasteiger partial charge on any atom is -0.385 e. The van der Waals surface area contributed by atoms with Crippen LogP contribution in [0.3, 0.4) is 0 Å². The van der Waals surface area contributed by atoms with Crippen LogP contribution in [-0.2, 0) is 10.4 Å². The SMILES string of the molecule is CNC(=O)C1CCC(O)(c2cc3c(N[C@H](C)c4cccc(C(F)F)c4F)nc(C)nc3[nH]c2=O)CC1. The number of aromatic amines is 1. The third-order valence-corrected chi connectivity index (χ3v) is 6.87. The molecule has 0 saturated heterocycles. The highest BCUT2D eigenvalue weighted by atomic mass is 19.3. The van der Waals surface area contributed by atoms with E-state index in [4.69, 9.17) is 0 Å². The summed E-state index contributed by atoms with van der Waals surface area (Å²) in [5.41, 5.74) is -2.26. The van der Waals surface area contributed by atoms with E-state index in [0.29, 0.717) is 24.1 Å². The number of aromatic nitrogens is 3. The Bertz CT molecular complexity index is 1350. The summed E-state index contributed by atoms with van der Waals surface area (Å²) >= 11 is 0. The summed E-state index contributed by atoms with van der Waals surface area (Å²) in [6, 6.07) is 4.58. The third kappa shape index (κ3) is 4.79. The molecule has 2 heterocycles. The van der Waals surface area contributed by atoms with Gasteiger partial charge >= 0.3 is 0 Å². The summed E-state index contributed by atoms with van der Waals surface area (Å²) in [5, 5.41) is 17.4. The molecule has 36 heavy (non-hydrogen) atoms. The second kappa shape index (κ2) is 9.88. The Balaban J connectivity index is 1.71. The van der Waals surface area contributed by atoms with Gasteiger partial charge in [-0.3, -0.25) is 9.59 Å². The van der Waals surface area contributed by atoms with Gasteiger partial charge in [0, 0.05) is 24.1 Å². The van der Waals surface area contributed by atoms with Crippen LogP contribution in [0.1, 0.15) is 67.6 Å². The molecule has 4 N–H and O–H groups in total. The fourth-order valence-electron chi connectivity index (χ4n) is 4.84. The van der Waals surface area contributed by atoms with Gasteiger partial charge in [0.05, 0.1) is 22.6 Å². The Morgan fingerprint density at radius 2 is 1.89 bits per heavy atom. The fourth-order valence-corrected chi connectivity index (χ4v) is 4.84. The first-order valence-electron chi connectivity index (χ1n) is 11.7. The van der Waals surface area contributed by atoms with E-state index in [1.807, 2.05) is 0 Å². The van der Waals surface area contributed by atoms with Gasteiger partial charge in [-0.15, -0.1) is 0 Å². The van der Waals surface area contributed by atoms with Gasteiger partial charge in [0.2, 0.25) is 5.91 Å². The molecular formula is C25H28F3N5O3. The molecular weight excluding hydrogens is 475 g/mol. The van der Waals surface area contributed by atoms with Crippen LogP contribution < -0.4 is 16.2 Å². The lowest BCUT2D eigenvalue weighted by atomic mass is 9.75. The second-order valence-electron chi connectivity index (χ2n) is 9.23. The first-order valence-corrected chi connectivity index (χ1v) is 11.7. The summed E-state index contributed by atoms with van der Waals surface area (Å²) in [6.45, 7) is 3.23. The minimum absolute atomic E-state index is 0.0352. The molecule has 3 aromatic rings. The zero-order chi connectivity index (χ0) is 26.2. The maximum atomic E-state index is 14.7. The smallest absolute Gasteiger partial charge is 0.266 e. The number of carbonyl (C=O) groups excluding carboxylic acids is 1. The van der Waals surface area contributed by atoms with Crippen molar-refractivity contribution in [1.82, 2.24) is 20.3 Å². The largest absolute Gasteiger partial charge is 0.385 e. The van der Waals surface area contributed by atoms with E-state index in [9.17, 15) is 27.9 Å². The number of benzene rings is 1. The predicted octanol–water partition coefficient (Wildman–Crippen LogP) is 4.00. The lowest BCUT2D eigenvalue weighted by Gasteiger charge is -2.35. The first kappa shape index (κ1) is 25.6. The number of halogens is 3. The van der Waals surface area contributed by atoms with E-state index in [1.54, 1.807) is 20.9 Å². The predicted molar refractivity (Wildman–Crippen MR) is 128 cm³/mol. The highest BCUT2D eigenvalue weighted by molar-refractivity contribution is 5.87. The molecule has 11 heteroatoms. The fraction of sp³-hybridized carbons (Fsp3) is 0.440. The van der Waals surface area contributed by atoms with Crippen molar-refractivity contribution in [2.75, 3.05) is 12.4 Å². The summed E-state index contributed by atoms with van der Waals surface area (Å²) in [6.07, 6.45) is -1.68. The molecule has 1 fully saturated rings. The van der Waals surface area contributed by atoms with Gasteiger partial charge in [0.25, 0.3) is 12.0 Å². The normalized spacial score (nSPS) is 20.9. The number of nitrogens with zero attached hydrogens (tertiary/aromatic N) is 2. The summed E-state index contributed by atoms with van der Waals surface area (Å²) < 4.78 is 41.1. The van der Waals surface area contributed by atoms with Crippen molar-refractivity contribution in [1.29, 1.82) is 0 Å². The molecule has 1 atom stereocenters. The average molecular weight is 504 g/mol. The van der Waals surface area contributed by atoms with Gasteiger partial charge in [-0.05, 0) is 45.6 Å². The maximum absolute atomic E-state index is 14.7. The van der Waals surface area contributed by atoms with Crippen molar-refractivity contribution in [3.63, 3.8) is 0 Å². The number of alkyl halides is 2. The molecule has 1 saturated carbocycles. The van der Waals surface area contributed by atoms with Gasteiger partial charge in [0.15, 0.2) is 0 Å². The summed E-state index contributed by atoms with van der Waals surface area (Å²) in [7, 11) is 1.56. The molecule has 1 aliphatic rings. The number of aliphatic hydroxyl groups is 1. The molecule has 192 valence electrons. The average Bonchev–Trinajstić information content (AvgIpc) is 2.83. The minimum atomic E-state index is -2.95. The van der Waals surface area contributed by atoms with Crippen LogP contribution >= 0.6 is 0 Å². The number of H-pyrrole nitrogens is 1. The second-order valence-corrected chi connectivity index (χ2v) is 9.23. The van der Waals surface area contributed by atoms with Crippen molar-refractivity contribution in [3.8, 4) is 0 Å². The number of aryl methyl sites for hydroxylation is 1. The molecule has 0 unspecified atom stereocenters. The van der Waals surface area contributed by atoms with E-state index < -0.39 is 35.0 Å². The quantitative estimate of drug-likeness (QED) is 0.404. The number of hydrogen-bond acceptors (Lipinski definition) is 6.